The number of piperazine rings is 1. The first-order valence-electron chi connectivity index (χ1n) is 8.45. The molecule has 0 N–H and O–H groups in total. The summed E-state index contributed by atoms with van der Waals surface area (Å²) in [4.78, 5) is 21.2. The number of hydrogen-bond acceptors (Lipinski definition) is 6. The molecule has 25 heavy (non-hydrogen) atoms. The lowest BCUT2D eigenvalue weighted by Gasteiger charge is -2.37. The highest BCUT2D eigenvalue weighted by molar-refractivity contribution is 5.80. The Bertz CT molecular complexity index is 850. The van der Waals surface area contributed by atoms with Crippen molar-refractivity contribution in [2.75, 3.05) is 31.1 Å². The van der Waals surface area contributed by atoms with Gasteiger partial charge in [-0.1, -0.05) is 6.92 Å². The van der Waals surface area contributed by atoms with E-state index in [1.54, 1.807) is 23.4 Å². The number of fused-ring (bicyclic) bond motifs is 1. The quantitative estimate of drug-likeness (QED) is 0.692. The third kappa shape index (κ3) is 2.81. The van der Waals surface area contributed by atoms with E-state index in [4.69, 9.17) is 0 Å². The minimum absolute atomic E-state index is 0.134. The van der Waals surface area contributed by atoms with Crippen LogP contribution in [-0.2, 0) is 4.79 Å². The standard InChI is InChI=1S/C16H20N8O/c1-2-13(24-7-3-5-19-24)15(25)22-10-8-21(9-11-22)14-4-6-17-16-20-18-12-23(14)16/h3-7,12-13H,2,8-11H2,1H3/t13-/m0/s1. The van der Waals surface area contributed by atoms with Crippen molar-refractivity contribution >= 4 is 17.5 Å². The second-order valence-corrected chi connectivity index (χ2v) is 6.03. The third-order valence-electron chi connectivity index (χ3n) is 4.62. The van der Waals surface area contributed by atoms with Crippen molar-refractivity contribution in [3.63, 3.8) is 0 Å². The number of hydrogen-bond donors (Lipinski definition) is 0. The van der Waals surface area contributed by atoms with Gasteiger partial charge in [0.05, 0.1) is 0 Å². The lowest BCUT2D eigenvalue weighted by Crippen LogP contribution is -2.51. The van der Waals surface area contributed by atoms with Crippen LogP contribution in [0.5, 0.6) is 0 Å². The molecule has 0 spiro atoms. The smallest absolute Gasteiger partial charge is 0.256 e. The number of carbonyl (C=O) groups is 1. The van der Waals surface area contributed by atoms with E-state index >= 15 is 0 Å². The van der Waals surface area contributed by atoms with Gasteiger partial charge in [0.1, 0.15) is 18.2 Å². The molecule has 1 aliphatic rings. The van der Waals surface area contributed by atoms with Crippen molar-refractivity contribution in [3.05, 3.63) is 37.1 Å². The summed E-state index contributed by atoms with van der Waals surface area (Å²) in [5, 5.41) is 12.1. The van der Waals surface area contributed by atoms with Crippen molar-refractivity contribution in [2.45, 2.75) is 19.4 Å². The van der Waals surface area contributed by atoms with Crippen molar-refractivity contribution in [1.82, 2.24) is 34.3 Å². The SMILES string of the molecule is CC[C@@H](C(=O)N1CCN(c2ccnc3nncn23)CC1)n1cccn1. The molecule has 0 unspecified atom stereocenters. The second kappa shape index (κ2) is 6.50. The van der Waals surface area contributed by atoms with Gasteiger partial charge < -0.3 is 9.80 Å². The fourth-order valence-corrected chi connectivity index (χ4v) is 3.29. The maximum atomic E-state index is 12.9. The molecule has 4 rings (SSSR count). The molecule has 0 aliphatic carbocycles. The van der Waals surface area contributed by atoms with E-state index in [-0.39, 0.29) is 11.9 Å². The number of amides is 1. The molecular formula is C16H20N8O. The van der Waals surface area contributed by atoms with E-state index in [9.17, 15) is 4.79 Å². The molecule has 1 saturated heterocycles. The number of anilines is 1. The van der Waals surface area contributed by atoms with Gasteiger partial charge in [0.2, 0.25) is 5.91 Å². The molecule has 9 heteroatoms. The lowest BCUT2D eigenvalue weighted by atomic mass is 10.2. The third-order valence-corrected chi connectivity index (χ3v) is 4.62. The van der Waals surface area contributed by atoms with Crippen LogP contribution in [0.15, 0.2) is 37.1 Å². The van der Waals surface area contributed by atoms with Crippen molar-refractivity contribution in [1.29, 1.82) is 0 Å². The van der Waals surface area contributed by atoms with Gasteiger partial charge in [-0.15, -0.1) is 10.2 Å². The Hall–Kier alpha value is -2.97. The first-order valence-corrected chi connectivity index (χ1v) is 8.45. The van der Waals surface area contributed by atoms with E-state index in [1.165, 1.54) is 0 Å². The van der Waals surface area contributed by atoms with E-state index < -0.39 is 0 Å². The summed E-state index contributed by atoms with van der Waals surface area (Å²) in [6, 6.07) is 3.57. The summed E-state index contributed by atoms with van der Waals surface area (Å²) in [5.74, 6) is 1.72. The van der Waals surface area contributed by atoms with Gasteiger partial charge in [-0.3, -0.25) is 13.9 Å². The van der Waals surface area contributed by atoms with Crippen LogP contribution in [0.3, 0.4) is 0 Å². The Labute approximate surface area is 144 Å². The van der Waals surface area contributed by atoms with Crippen LogP contribution < -0.4 is 4.90 Å². The van der Waals surface area contributed by atoms with E-state index in [2.05, 4.69) is 25.2 Å². The van der Waals surface area contributed by atoms with Gasteiger partial charge in [0, 0.05) is 44.8 Å². The zero-order valence-corrected chi connectivity index (χ0v) is 14.1. The number of carbonyl (C=O) groups excluding carboxylic acids is 1. The summed E-state index contributed by atoms with van der Waals surface area (Å²) in [6.45, 7) is 4.91. The number of aromatic nitrogens is 6. The average molecular weight is 340 g/mol. The molecule has 0 bridgehead atoms. The molecular weight excluding hydrogens is 320 g/mol. The molecule has 1 atom stereocenters. The first kappa shape index (κ1) is 15.6. The highest BCUT2D eigenvalue weighted by Crippen LogP contribution is 2.19. The molecule has 1 aliphatic heterocycles. The van der Waals surface area contributed by atoms with Crippen molar-refractivity contribution in [3.8, 4) is 0 Å². The van der Waals surface area contributed by atoms with Crippen LogP contribution in [-0.4, -0.2) is 66.3 Å². The van der Waals surface area contributed by atoms with Crippen molar-refractivity contribution < 1.29 is 4.79 Å². The van der Waals surface area contributed by atoms with Crippen LogP contribution in [0.1, 0.15) is 19.4 Å². The molecule has 0 saturated carbocycles. The van der Waals surface area contributed by atoms with Gasteiger partial charge in [-0.05, 0) is 18.6 Å². The van der Waals surface area contributed by atoms with E-state index in [0.717, 1.165) is 25.3 Å². The Balaban J connectivity index is 1.46. The number of nitrogens with zero attached hydrogens (tertiary/aromatic N) is 8. The topological polar surface area (TPSA) is 84.5 Å². The maximum Gasteiger partial charge on any atom is 0.256 e. The predicted molar refractivity (Wildman–Crippen MR) is 91.1 cm³/mol. The van der Waals surface area contributed by atoms with Gasteiger partial charge in [-0.2, -0.15) is 5.10 Å². The fourth-order valence-electron chi connectivity index (χ4n) is 3.29. The lowest BCUT2D eigenvalue weighted by molar-refractivity contribution is -0.135. The molecule has 1 fully saturated rings. The van der Waals surface area contributed by atoms with Crippen LogP contribution in [0.25, 0.3) is 5.78 Å². The normalized spacial score (nSPS) is 16.4. The zero-order chi connectivity index (χ0) is 17.2. The largest absolute Gasteiger partial charge is 0.354 e. The molecule has 9 nitrogen and oxygen atoms in total. The minimum atomic E-state index is -0.230. The Morgan fingerprint density at radius 3 is 2.80 bits per heavy atom. The highest BCUT2D eigenvalue weighted by atomic mass is 16.2. The second-order valence-electron chi connectivity index (χ2n) is 6.03. The van der Waals surface area contributed by atoms with Gasteiger partial charge in [0.15, 0.2) is 0 Å². The van der Waals surface area contributed by atoms with Crippen molar-refractivity contribution in [2.24, 2.45) is 0 Å². The van der Waals surface area contributed by atoms with Crippen LogP contribution in [0.4, 0.5) is 5.82 Å². The monoisotopic (exact) mass is 340 g/mol. The summed E-state index contributed by atoms with van der Waals surface area (Å²) in [7, 11) is 0. The number of rotatable bonds is 4. The van der Waals surface area contributed by atoms with Gasteiger partial charge in [0.25, 0.3) is 5.78 Å². The molecule has 0 aromatic carbocycles. The Kier molecular flexibility index (Phi) is 4.04. The van der Waals surface area contributed by atoms with Gasteiger partial charge >= 0.3 is 0 Å². The maximum absolute atomic E-state index is 12.9. The minimum Gasteiger partial charge on any atom is -0.354 e. The van der Waals surface area contributed by atoms with E-state index in [1.807, 2.05) is 34.6 Å². The summed E-state index contributed by atoms with van der Waals surface area (Å²) in [5.41, 5.74) is 0. The first-order chi connectivity index (χ1) is 12.3. The molecule has 3 aromatic rings. The van der Waals surface area contributed by atoms with Crippen LogP contribution in [0.2, 0.25) is 0 Å². The van der Waals surface area contributed by atoms with E-state index in [0.29, 0.717) is 18.9 Å². The molecule has 130 valence electrons. The zero-order valence-electron chi connectivity index (χ0n) is 14.1. The average Bonchev–Trinajstić information content (AvgIpc) is 3.34. The van der Waals surface area contributed by atoms with Crippen LogP contribution in [0, 0.1) is 0 Å². The predicted octanol–water partition coefficient (Wildman–Crippen LogP) is 0.621. The summed E-state index contributed by atoms with van der Waals surface area (Å²) >= 11 is 0. The molecule has 1 amide bonds. The fraction of sp³-hybridized carbons (Fsp3) is 0.438. The molecule has 0 radical (unpaired) electrons. The highest BCUT2D eigenvalue weighted by Gasteiger charge is 2.28. The summed E-state index contributed by atoms with van der Waals surface area (Å²) < 4.78 is 3.62. The van der Waals surface area contributed by atoms with Crippen LogP contribution >= 0.6 is 0 Å². The Morgan fingerprint density at radius 2 is 2.08 bits per heavy atom. The molecule has 3 aromatic heterocycles. The summed E-state index contributed by atoms with van der Waals surface area (Å²) in [6.07, 6.45) is 7.69. The van der Waals surface area contributed by atoms with Gasteiger partial charge in [-0.25, -0.2) is 4.98 Å². The molecule has 4 heterocycles. The Morgan fingerprint density at radius 1 is 1.24 bits per heavy atom.